The second kappa shape index (κ2) is 8.87. The summed E-state index contributed by atoms with van der Waals surface area (Å²) in [5, 5.41) is 10.0. The number of amides is 2. The van der Waals surface area contributed by atoms with Gasteiger partial charge >= 0.3 is 6.03 Å². The normalized spacial score (nSPS) is 15.2. The Morgan fingerprint density at radius 3 is 2.59 bits per heavy atom. The number of urea groups is 1. The lowest BCUT2D eigenvalue weighted by Crippen LogP contribution is -2.45. The lowest BCUT2D eigenvalue weighted by atomic mass is 10.0. The van der Waals surface area contributed by atoms with E-state index in [4.69, 9.17) is 4.52 Å². The van der Waals surface area contributed by atoms with Gasteiger partial charge in [0.25, 0.3) is 0 Å². The highest BCUT2D eigenvalue weighted by molar-refractivity contribution is 5.94. The van der Waals surface area contributed by atoms with E-state index in [-0.39, 0.29) is 12.1 Å². The van der Waals surface area contributed by atoms with Crippen molar-refractivity contribution in [2.75, 3.05) is 18.4 Å². The third-order valence-corrected chi connectivity index (χ3v) is 5.22. The maximum Gasteiger partial charge on any atom is 0.319 e. The Hall–Kier alpha value is -3.19. The lowest BCUT2D eigenvalue weighted by Gasteiger charge is -2.32. The molecule has 2 amide bonds. The van der Waals surface area contributed by atoms with Gasteiger partial charge in [-0.25, -0.2) is 4.79 Å². The maximum atomic E-state index is 12.6. The number of aryl methyl sites for hydroxylation is 1. The average molecular weight is 391 g/mol. The van der Waals surface area contributed by atoms with Crippen molar-refractivity contribution in [3.05, 3.63) is 66.1 Å². The highest BCUT2D eigenvalue weighted by atomic mass is 16.5. The average Bonchev–Trinajstić information content (AvgIpc) is 3.11. The topological polar surface area (TPSA) is 83.3 Å². The molecule has 1 aliphatic heterocycles. The summed E-state index contributed by atoms with van der Waals surface area (Å²) in [7, 11) is 0. The molecule has 0 saturated carbocycles. The summed E-state index contributed by atoms with van der Waals surface area (Å²) in [5.41, 5.74) is 3.42. The van der Waals surface area contributed by atoms with E-state index in [1.165, 1.54) is 5.56 Å². The molecule has 0 radical (unpaired) electrons. The van der Waals surface area contributed by atoms with Gasteiger partial charge in [-0.1, -0.05) is 35.5 Å². The standard InChI is InChI=1S/C22H25N5O2/c1-16-20(21(29-26-16)18-5-3-2-4-6-18)25-22(28)24-19-9-13-27(14-10-19)15-17-7-11-23-12-8-17/h2-8,11-12,19H,9-10,13-15H2,1H3,(H2,24,25,28). The van der Waals surface area contributed by atoms with Gasteiger partial charge in [0.2, 0.25) is 0 Å². The molecule has 0 unspecified atom stereocenters. The van der Waals surface area contributed by atoms with Crippen molar-refractivity contribution in [3.63, 3.8) is 0 Å². The summed E-state index contributed by atoms with van der Waals surface area (Å²) in [4.78, 5) is 19.0. The molecule has 0 bridgehead atoms. The van der Waals surface area contributed by atoms with Crippen LogP contribution in [0.4, 0.5) is 10.5 Å². The molecule has 1 fully saturated rings. The number of nitrogens with zero attached hydrogens (tertiary/aromatic N) is 3. The number of hydrogen-bond donors (Lipinski definition) is 2. The zero-order valence-corrected chi connectivity index (χ0v) is 16.5. The summed E-state index contributed by atoms with van der Waals surface area (Å²) in [6.45, 7) is 4.65. The molecule has 2 aromatic heterocycles. The molecule has 7 heteroatoms. The molecule has 29 heavy (non-hydrogen) atoms. The van der Waals surface area contributed by atoms with Crippen LogP contribution < -0.4 is 10.6 Å². The Bertz CT molecular complexity index is 934. The summed E-state index contributed by atoms with van der Waals surface area (Å²) in [6, 6.07) is 13.7. The van der Waals surface area contributed by atoms with Crippen molar-refractivity contribution in [3.8, 4) is 11.3 Å². The number of carbonyl (C=O) groups excluding carboxylic acids is 1. The van der Waals surface area contributed by atoms with Gasteiger partial charge in [-0.15, -0.1) is 0 Å². The molecule has 150 valence electrons. The van der Waals surface area contributed by atoms with Gasteiger partial charge < -0.3 is 15.2 Å². The van der Waals surface area contributed by atoms with Crippen molar-refractivity contribution in [2.24, 2.45) is 0 Å². The molecule has 3 heterocycles. The minimum Gasteiger partial charge on any atom is -0.354 e. The van der Waals surface area contributed by atoms with Gasteiger partial charge in [0.15, 0.2) is 5.76 Å². The number of aromatic nitrogens is 2. The van der Waals surface area contributed by atoms with Crippen LogP contribution in [-0.2, 0) is 6.54 Å². The van der Waals surface area contributed by atoms with Gasteiger partial charge in [-0.05, 0) is 37.5 Å². The van der Waals surface area contributed by atoms with Crippen LogP contribution in [0.5, 0.6) is 0 Å². The predicted octanol–water partition coefficient (Wildman–Crippen LogP) is 3.83. The van der Waals surface area contributed by atoms with E-state index >= 15 is 0 Å². The molecule has 7 nitrogen and oxygen atoms in total. The summed E-state index contributed by atoms with van der Waals surface area (Å²) < 4.78 is 5.44. The van der Waals surface area contributed by atoms with Crippen LogP contribution in [0.1, 0.15) is 24.1 Å². The Balaban J connectivity index is 1.31. The van der Waals surface area contributed by atoms with Crippen LogP contribution in [0.15, 0.2) is 59.4 Å². The lowest BCUT2D eigenvalue weighted by molar-refractivity contribution is 0.190. The second-order valence-corrected chi connectivity index (χ2v) is 7.34. The molecule has 1 aromatic carbocycles. The van der Waals surface area contributed by atoms with Crippen LogP contribution >= 0.6 is 0 Å². The van der Waals surface area contributed by atoms with E-state index in [1.54, 1.807) is 0 Å². The van der Waals surface area contributed by atoms with Gasteiger partial charge in [0.05, 0.1) is 0 Å². The fraction of sp³-hybridized carbons (Fsp3) is 0.318. The molecular weight excluding hydrogens is 366 g/mol. The number of likely N-dealkylation sites (tertiary alicyclic amines) is 1. The minimum atomic E-state index is -0.221. The third kappa shape index (κ3) is 4.81. The molecule has 1 saturated heterocycles. The number of anilines is 1. The van der Waals surface area contributed by atoms with Crippen molar-refractivity contribution in [1.82, 2.24) is 20.4 Å². The van der Waals surface area contributed by atoms with Crippen molar-refractivity contribution in [1.29, 1.82) is 0 Å². The third-order valence-electron chi connectivity index (χ3n) is 5.22. The molecule has 0 atom stereocenters. The van der Waals surface area contributed by atoms with E-state index in [2.05, 4.69) is 25.7 Å². The Labute approximate surface area is 170 Å². The monoisotopic (exact) mass is 391 g/mol. The van der Waals surface area contributed by atoms with Crippen molar-refractivity contribution < 1.29 is 9.32 Å². The number of hydrogen-bond acceptors (Lipinski definition) is 5. The highest BCUT2D eigenvalue weighted by Crippen LogP contribution is 2.30. The van der Waals surface area contributed by atoms with Crippen LogP contribution in [0.25, 0.3) is 11.3 Å². The Kier molecular flexibility index (Phi) is 5.86. The molecule has 1 aliphatic rings. The van der Waals surface area contributed by atoms with E-state index in [9.17, 15) is 4.79 Å². The van der Waals surface area contributed by atoms with Crippen molar-refractivity contribution >= 4 is 11.7 Å². The van der Waals surface area contributed by atoms with E-state index < -0.39 is 0 Å². The largest absolute Gasteiger partial charge is 0.354 e. The smallest absolute Gasteiger partial charge is 0.319 e. The Morgan fingerprint density at radius 2 is 1.86 bits per heavy atom. The van der Waals surface area contributed by atoms with Crippen molar-refractivity contribution in [2.45, 2.75) is 32.4 Å². The summed E-state index contributed by atoms with van der Waals surface area (Å²) in [6.07, 6.45) is 5.49. The first-order valence-electron chi connectivity index (χ1n) is 9.89. The number of nitrogens with one attached hydrogen (secondary N) is 2. The zero-order valence-electron chi connectivity index (χ0n) is 16.5. The first-order chi connectivity index (χ1) is 14.2. The number of piperidine rings is 1. The number of benzene rings is 1. The maximum absolute atomic E-state index is 12.6. The first-order valence-corrected chi connectivity index (χ1v) is 9.89. The zero-order chi connectivity index (χ0) is 20.1. The van der Waals surface area contributed by atoms with Crippen LogP contribution in [0.2, 0.25) is 0 Å². The fourth-order valence-electron chi connectivity index (χ4n) is 3.62. The first kappa shape index (κ1) is 19.1. The number of rotatable bonds is 5. The molecule has 0 spiro atoms. The van der Waals surface area contributed by atoms with Gasteiger partial charge in [-0.3, -0.25) is 9.88 Å². The van der Waals surface area contributed by atoms with Gasteiger partial charge in [0.1, 0.15) is 11.4 Å². The number of pyridine rings is 1. The molecule has 4 rings (SSSR count). The Morgan fingerprint density at radius 1 is 1.14 bits per heavy atom. The summed E-state index contributed by atoms with van der Waals surface area (Å²) >= 11 is 0. The predicted molar refractivity (Wildman–Crippen MR) is 111 cm³/mol. The van der Waals surface area contributed by atoms with Crippen LogP contribution in [0, 0.1) is 6.92 Å². The number of carbonyl (C=O) groups is 1. The van der Waals surface area contributed by atoms with E-state index in [1.807, 2.05) is 61.8 Å². The molecule has 2 N–H and O–H groups in total. The minimum absolute atomic E-state index is 0.157. The second-order valence-electron chi connectivity index (χ2n) is 7.34. The van der Waals surface area contributed by atoms with Gasteiger partial charge in [-0.2, -0.15) is 0 Å². The summed E-state index contributed by atoms with van der Waals surface area (Å²) in [5.74, 6) is 0.574. The quantitative estimate of drug-likeness (QED) is 0.691. The fourth-order valence-corrected chi connectivity index (χ4v) is 3.62. The van der Waals surface area contributed by atoms with Crippen LogP contribution in [-0.4, -0.2) is 40.2 Å². The molecular formula is C22H25N5O2. The SMILES string of the molecule is Cc1noc(-c2ccccc2)c1NC(=O)NC1CCN(Cc2ccncc2)CC1. The van der Waals surface area contributed by atoms with E-state index in [0.717, 1.165) is 38.0 Å². The molecule has 3 aromatic rings. The highest BCUT2D eigenvalue weighted by Gasteiger charge is 2.22. The molecule has 0 aliphatic carbocycles. The van der Waals surface area contributed by atoms with Crippen LogP contribution in [0.3, 0.4) is 0 Å². The van der Waals surface area contributed by atoms with E-state index in [0.29, 0.717) is 17.1 Å². The van der Waals surface area contributed by atoms with Gasteiger partial charge in [0, 0.05) is 43.6 Å².